The predicted molar refractivity (Wildman–Crippen MR) is 143 cm³/mol. The van der Waals surface area contributed by atoms with Crippen molar-refractivity contribution in [2.24, 2.45) is 17.8 Å². The Labute approximate surface area is 220 Å². The summed E-state index contributed by atoms with van der Waals surface area (Å²) in [5.41, 5.74) is 0. The topological polar surface area (TPSA) is 87.1 Å². The molecule has 0 radical (unpaired) electrons. The molecule has 3 saturated heterocycles. The Kier molecular flexibility index (Phi) is 10.1. The first-order valence-corrected chi connectivity index (χ1v) is 14.4. The Morgan fingerprint density at radius 3 is 2.67 bits per heavy atom. The summed E-state index contributed by atoms with van der Waals surface area (Å²) in [4.78, 5) is 45.1. The van der Waals surface area contributed by atoms with E-state index in [9.17, 15) is 19.5 Å². The zero-order valence-corrected chi connectivity index (χ0v) is 23.0. The second-order valence-corrected chi connectivity index (χ2v) is 12.4. The van der Waals surface area contributed by atoms with Crippen LogP contribution in [0.3, 0.4) is 0 Å². The Balaban J connectivity index is 1.99. The first-order chi connectivity index (χ1) is 17.3. The highest BCUT2D eigenvalue weighted by molar-refractivity contribution is 8.02. The number of allylic oxidation sites excluding steroid dienone is 1. The van der Waals surface area contributed by atoms with Gasteiger partial charge < -0.3 is 19.6 Å². The number of hydrogen-bond donors (Lipinski definition) is 1. The van der Waals surface area contributed by atoms with Gasteiger partial charge in [-0.25, -0.2) is 0 Å². The SMILES string of the molecule is C=CCCCOC(=O)[C@@H]1[C@H]2C(=O)N([C@@H](CO)CC(C)C)C(C(=O)N(CC=C)CCCC)C23CC[C@H]1S3. The number of ether oxygens (including phenoxy) is 1. The van der Waals surface area contributed by atoms with E-state index in [0.717, 1.165) is 25.7 Å². The van der Waals surface area contributed by atoms with Crippen molar-refractivity contribution in [3.63, 3.8) is 0 Å². The molecule has 3 heterocycles. The van der Waals surface area contributed by atoms with Crippen molar-refractivity contribution in [1.29, 1.82) is 0 Å². The molecule has 6 atom stereocenters. The van der Waals surface area contributed by atoms with Crippen LogP contribution in [-0.4, -0.2) is 81.1 Å². The smallest absolute Gasteiger partial charge is 0.310 e. The summed E-state index contributed by atoms with van der Waals surface area (Å²) in [5.74, 6) is -1.51. The first kappa shape index (κ1) is 28.8. The van der Waals surface area contributed by atoms with Crippen LogP contribution in [0, 0.1) is 17.8 Å². The highest BCUT2D eigenvalue weighted by Gasteiger charge is 2.74. The van der Waals surface area contributed by atoms with Crippen molar-refractivity contribution in [3.05, 3.63) is 25.3 Å². The van der Waals surface area contributed by atoms with E-state index in [2.05, 4.69) is 20.1 Å². The van der Waals surface area contributed by atoms with Crippen LogP contribution in [0.25, 0.3) is 0 Å². The van der Waals surface area contributed by atoms with Gasteiger partial charge in [0.05, 0.1) is 35.8 Å². The molecule has 1 N–H and O–H groups in total. The third-order valence-corrected chi connectivity index (χ3v) is 9.78. The van der Waals surface area contributed by atoms with Crippen LogP contribution in [-0.2, 0) is 19.1 Å². The van der Waals surface area contributed by atoms with Crippen molar-refractivity contribution < 1.29 is 24.2 Å². The average molecular weight is 521 g/mol. The van der Waals surface area contributed by atoms with E-state index in [0.29, 0.717) is 39.0 Å². The summed E-state index contributed by atoms with van der Waals surface area (Å²) in [6.07, 6.45) is 8.88. The summed E-state index contributed by atoms with van der Waals surface area (Å²) in [6.45, 7) is 14.8. The van der Waals surface area contributed by atoms with Gasteiger partial charge in [-0.1, -0.05) is 39.3 Å². The molecule has 2 amide bonds. The number of unbranched alkanes of at least 4 members (excludes halogenated alkanes) is 2. The molecule has 7 nitrogen and oxygen atoms in total. The van der Waals surface area contributed by atoms with Crippen molar-refractivity contribution in [2.45, 2.75) is 87.8 Å². The minimum atomic E-state index is -0.698. The molecule has 3 rings (SSSR count). The number of fused-ring (bicyclic) bond motifs is 1. The zero-order valence-electron chi connectivity index (χ0n) is 22.2. The average Bonchev–Trinajstić information content (AvgIpc) is 3.49. The Hall–Kier alpha value is -1.80. The number of rotatable bonds is 15. The van der Waals surface area contributed by atoms with Gasteiger partial charge in [0.25, 0.3) is 0 Å². The number of carbonyl (C=O) groups excluding carboxylic acids is 3. The molecule has 0 aromatic heterocycles. The number of aliphatic hydroxyl groups excluding tert-OH is 1. The lowest BCUT2D eigenvalue weighted by atomic mass is 9.71. The fourth-order valence-corrected chi connectivity index (χ4v) is 8.50. The normalized spacial score (nSPS) is 29.4. The van der Waals surface area contributed by atoms with Gasteiger partial charge in [0.2, 0.25) is 11.8 Å². The molecule has 202 valence electrons. The molecule has 36 heavy (non-hydrogen) atoms. The molecule has 3 aliphatic rings. The van der Waals surface area contributed by atoms with Gasteiger partial charge >= 0.3 is 5.97 Å². The van der Waals surface area contributed by atoms with Gasteiger partial charge in [-0.2, -0.15) is 0 Å². The van der Waals surface area contributed by atoms with Gasteiger partial charge in [0, 0.05) is 18.3 Å². The maximum absolute atomic E-state index is 14.2. The third kappa shape index (κ3) is 5.40. The lowest BCUT2D eigenvalue weighted by Crippen LogP contribution is -2.57. The van der Waals surface area contributed by atoms with E-state index < -0.39 is 28.7 Å². The molecule has 3 fully saturated rings. The van der Waals surface area contributed by atoms with Crippen LogP contribution in [0.4, 0.5) is 0 Å². The van der Waals surface area contributed by atoms with Crippen LogP contribution in [0.2, 0.25) is 0 Å². The number of hydrogen-bond acceptors (Lipinski definition) is 6. The summed E-state index contributed by atoms with van der Waals surface area (Å²) < 4.78 is 4.96. The number of aliphatic hydroxyl groups is 1. The monoisotopic (exact) mass is 520 g/mol. The van der Waals surface area contributed by atoms with Gasteiger partial charge in [0.1, 0.15) is 6.04 Å². The fraction of sp³-hybridized carbons (Fsp3) is 0.750. The summed E-state index contributed by atoms with van der Waals surface area (Å²) in [5, 5.41) is 10.3. The van der Waals surface area contributed by atoms with Gasteiger partial charge in [0.15, 0.2) is 0 Å². The third-order valence-electron chi connectivity index (χ3n) is 7.83. The lowest BCUT2D eigenvalue weighted by Gasteiger charge is -2.40. The van der Waals surface area contributed by atoms with E-state index >= 15 is 0 Å². The maximum atomic E-state index is 14.2. The molecule has 0 aliphatic carbocycles. The standard InChI is InChI=1S/C28H44N2O5S/c1-6-9-11-16-35-27(34)22-21-12-13-28(36-21)23(22)25(32)30(20(18-31)17-19(4)5)24(28)26(33)29(14-8-3)15-10-7-2/h6,8,19-24,31H,1,3,7,9-18H2,2,4-5H3/t20-,21-,22+,23+,24?,28?/m1/s1. The molecule has 3 aliphatic heterocycles. The number of carbonyl (C=O) groups is 3. The van der Waals surface area contributed by atoms with Crippen LogP contribution in [0.15, 0.2) is 25.3 Å². The van der Waals surface area contributed by atoms with E-state index in [4.69, 9.17) is 4.74 Å². The molecular weight excluding hydrogens is 476 g/mol. The van der Waals surface area contributed by atoms with Crippen molar-refractivity contribution >= 4 is 29.5 Å². The number of nitrogens with zero attached hydrogens (tertiary/aromatic N) is 2. The van der Waals surface area contributed by atoms with Gasteiger partial charge in [-0.05, 0) is 44.4 Å². The summed E-state index contributed by atoms with van der Waals surface area (Å²) >= 11 is 1.65. The van der Waals surface area contributed by atoms with E-state index in [1.54, 1.807) is 33.7 Å². The lowest BCUT2D eigenvalue weighted by molar-refractivity contribution is -0.154. The number of thioether (sulfide) groups is 1. The van der Waals surface area contributed by atoms with Crippen LogP contribution in [0.5, 0.6) is 0 Å². The molecule has 8 heteroatoms. The van der Waals surface area contributed by atoms with E-state index in [1.165, 1.54) is 0 Å². The molecule has 1 spiro atoms. The molecule has 0 saturated carbocycles. The zero-order chi connectivity index (χ0) is 26.5. The molecule has 2 unspecified atom stereocenters. The fourth-order valence-electron chi connectivity index (χ4n) is 6.32. The number of likely N-dealkylation sites (tertiary alicyclic amines) is 1. The minimum Gasteiger partial charge on any atom is -0.465 e. The van der Waals surface area contributed by atoms with E-state index in [1.807, 2.05) is 13.8 Å². The maximum Gasteiger partial charge on any atom is 0.310 e. The second-order valence-electron chi connectivity index (χ2n) is 10.8. The van der Waals surface area contributed by atoms with Crippen LogP contribution < -0.4 is 0 Å². The summed E-state index contributed by atoms with van der Waals surface area (Å²) in [6, 6.07) is -1.16. The Morgan fingerprint density at radius 1 is 1.31 bits per heavy atom. The number of esters is 1. The highest BCUT2D eigenvalue weighted by Crippen LogP contribution is 2.67. The quantitative estimate of drug-likeness (QED) is 0.201. The minimum absolute atomic E-state index is 0.0236. The van der Waals surface area contributed by atoms with Crippen molar-refractivity contribution in [1.82, 2.24) is 9.80 Å². The number of amides is 2. The van der Waals surface area contributed by atoms with Crippen LogP contribution >= 0.6 is 11.8 Å². The van der Waals surface area contributed by atoms with Crippen molar-refractivity contribution in [3.8, 4) is 0 Å². The molecule has 0 aromatic carbocycles. The Bertz CT molecular complexity index is 833. The first-order valence-electron chi connectivity index (χ1n) is 13.5. The van der Waals surface area contributed by atoms with Crippen molar-refractivity contribution in [2.75, 3.05) is 26.3 Å². The summed E-state index contributed by atoms with van der Waals surface area (Å²) in [7, 11) is 0. The largest absolute Gasteiger partial charge is 0.465 e. The predicted octanol–water partition coefficient (Wildman–Crippen LogP) is 3.81. The molecular formula is C28H44N2O5S. The van der Waals surface area contributed by atoms with Gasteiger partial charge in [-0.3, -0.25) is 14.4 Å². The molecule has 2 bridgehead atoms. The Morgan fingerprint density at radius 2 is 2.06 bits per heavy atom. The van der Waals surface area contributed by atoms with E-state index in [-0.39, 0.29) is 35.6 Å². The molecule has 0 aromatic rings. The second kappa shape index (κ2) is 12.6. The van der Waals surface area contributed by atoms with Crippen LogP contribution in [0.1, 0.15) is 65.7 Å². The van der Waals surface area contributed by atoms with Gasteiger partial charge in [-0.15, -0.1) is 24.9 Å². The highest BCUT2D eigenvalue weighted by atomic mass is 32.2.